The second-order valence-corrected chi connectivity index (χ2v) is 28.2. The summed E-state index contributed by atoms with van der Waals surface area (Å²) in [6.45, 7) is 46.6. The van der Waals surface area contributed by atoms with E-state index in [4.69, 9.17) is 9.47 Å². The minimum Gasteiger partial charge on any atom is -0.507 e. The highest BCUT2D eigenvalue weighted by molar-refractivity contribution is 6.52. The number of nitrogens with zero attached hydrogens (tertiary/aromatic N) is 2. The minimum atomic E-state index is -0.524. The summed E-state index contributed by atoms with van der Waals surface area (Å²) in [7, 11) is 0. The lowest BCUT2D eigenvalue weighted by Crippen LogP contribution is -2.42. The summed E-state index contributed by atoms with van der Waals surface area (Å²) in [4.78, 5) is 45.5. The molecule has 2 aliphatic heterocycles. The topological polar surface area (TPSA) is 185 Å². The molecule has 434 valence electrons. The standard InChI is InChI=1S/C66H92N6O8/c1-35(2)71-37(5)65(19,20)43-31-41(49(33-51(43)71)69-59(77)67-23-25-79-39-27-45(61(7,8)9)55(73)46(28-39)62(10,11)12)53-57(75)54(58(53)76)42-32-44-52(72(36(3)4)38(6)66(44,21)22)34-50(42)70-60(78)68-24-26-80-40-29-47(63(13,14)15)56(74)48(30-40)64(16,17)18/h27-38H,23-26H2,1-22H3,(H6,67,68,69,70,73,74,75,76,77,78)/p+1. The maximum Gasteiger partial charge on any atom is 0.319 e. The largest absolute Gasteiger partial charge is 0.507 e. The van der Waals surface area contributed by atoms with Crippen molar-refractivity contribution >= 4 is 46.1 Å². The van der Waals surface area contributed by atoms with Crippen LogP contribution in [0.3, 0.4) is 0 Å². The van der Waals surface area contributed by atoms with Crippen LogP contribution in [-0.4, -0.2) is 83.6 Å². The quantitative estimate of drug-likeness (QED) is 0.0506. The van der Waals surface area contributed by atoms with Crippen molar-refractivity contribution in [2.24, 2.45) is 0 Å². The number of urea groups is 2. The normalized spacial score (nSPS) is 18.6. The van der Waals surface area contributed by atoms with E-state index in [-0.39, 0.29) is 111 Å². The highest BCUT2D eigenvalue weighted by Crippen LogP contribution is 2.51. The number of hydrogen-bond donors (Lipinski definition) is 7. The highest BCUT2D eigenvalue weighted by Gasteiger charge is 2.48. The Morgan fingerprint density at radius 1 is 0.613 bits per heavy atom. The fourth-order valence-corrected chi connectivity index (χ4v) is 11.8. The molecule has 14 heteroatoms. The third-order valence-electron chi connectivity index (χ3n) is 16.9. The van der Waals surface area contributed by atoms with Gasteiger partial charge in [-0.15, -0.1) is 0 Å². The van der Waals surface area contributed by atoms with Gasteiger partial charge in [0.2, 0.25) is 11.1 Å². The first kappa shape index (κ1) is 60.9. The molecule has 4 amide bonds. The number of fused-ring (bicyclic) bond motifs is 2. The average Bonchev–Trinajstić information content (AvgIpc) is 3.64. The molecule has 0 aromatic heterocycles. The summed E-state index contributed by atoms with van der Waals surface area (Å²) in [5, 5.41) is 48.2. The molecule has 2 unspecified atom stereocenters. The third kappa shape index (κ3) is 11.5. The number of carbonyl (C=O) groups excluding carboxylic acids is 3. The number of allylic oxidation sites excluding steroid dienone is 2. The first-order valence-electron chi connectivity index (χ1n) is 28.6. The van der Waals surface area contributed by atoms with E-state index in [0.717, 1.165) is 44.4 Å². The van der Waals surface area contributed by atoms with Crippen molar-refractivity contribution in [3.05, 3.63) is 104 Å². The van der Waals surface area contributed by atoms with Crippen molar-refractivity contribution in [1.82, 2.24) is 15.2 Å². The number of aromatic hydroxyl groups is 2. The SMILES string of the molecule is CC(C)N1c2cc(NC(=O)NCCOc3cc(C(C)(C)C)c(O)c(C(C)(C)C)c3)c(C3=C(O)/C(=c4/cc5c(cc4NC(=O)NCCOc4cc(C(C)(C)C)c(O)c(C(C)(C)C)c4)=[N+](C(C)C)C(C)C5(C)C)C3=O)cc2C(C)(C)C1C. The number of hydrogen-bond acceptors (Lipinski definition) is 9. The van der Waals surface area contributed by atoms with Crippen LogP contribution < -0.4 is 50.8 Å². The number of ketones is 1. The Bertz CT molecular complexity index is 3230. The number of carbonyl (C=O) groups is 3. The molecule has 4 aromatic rings. The van der Waals surface area contributed by atoms with Crippen LogP contribution in [-0.2, 0) is 37.3 Å². The zero-order valence-electron chi connectivity index (χ0n) is 52.0. The molecule has 0 radical (unpaired) electrons. The Hall–Kier alpha value is -6.70. The van der Waals surface area contributed by atoms with Crippen LogP contribution in [0, 0.1) is 0 Å². The predicted octanol–water partition coefficient (Wildman–Crippen LogP) is 11.9. The van der Waals surface area contributed by atoms with Crippen LogP contribution in [0.5, 0.6) is 23.0 Å². The van der Waals surface area contributed by atoms with Crippen LogP contribution in [0.1, 0.15) is 191 Å². The monoisotopic (exact) mass is 1100 g/mol. The zero-order valence-corrected chi connectivity index (χ0v) is 52.0. The van der Waals surface area contributed by atoms with Gasteiger partial charge in [-0.2, -0.15) is 0 Å². The molecule has 2 atom stereocenters. The molecule has 14 nitrogen and oxygen atoms in total. The molecule has 0 spiro atoms. The molecular formula is C66H93N6O8+. The van der Waals surface area contributed by atoms with Gasteiger partial charge in [0, 0.05) is 67.9 Å². The predicted molar refractivity (Wildman–Crippen MR) is 325 cm³/mol. The number of phenolic OH excluding ortho intramolecular Hbond substituents is 2. The molecule has 80 heavy (non-hydrogen) atoms. The summed E-state index contributed by atoms with van der Waals surface area (Å²) in [6.07, 6.45) is 0. The Labute approximate surface area is 476 Å². The van der Waals surface area contributed by atoms with Gasteiger partial charge in [0.15, 0.2) is 6.04 Å². The van der Waals surface area contributed by atoms with Gasteiger partial charge in [-0.25, -0.2) is 14.2 Å². The maximum atomic E-state index is 15.1. The van der Waals surface area contributed by atoms with Crippen molar-refractivity contribution in [2.45, 2.75) is 209 Å². The number of nitrogens with one attached hydrogen (secondary N) is 4. The summed E-state index contributed by atoms with van der Waals surface area (Å²) in [5.74, 6) is 1.01. The molecule has 4 aromatic carbocycles. The zero-order chi connectivity index (χ0) is 59.9. The van der Waals surface area contributed by atoms with Gasteiger partial charge in [0.25, 0.3) is 0 Å². The summed E-state index contributed by atoms with van der Waals surface area (Å²) >= 11 is 0. The van der Waals surface area contributed by atoms with E-state index < -0.39 is 17.8 Å². The fraction of sp³-hybridized carbons (Fsp3) is 0.545. The van der Waals surface area contributed by atoms with Gasteiger partial charge >= 0.3 is 12.1 Å². The van der Waals surface area contributed by atoms with Gasteiger partial charge in [-0.1, -0.05) is 96.9 Å². The van der Waals surface area contributed by atoms with Crippen molar-refractivity contribution in [3.8, 4) is 23.0 Å². The smallest absolute Gasteiger partial charge is 0.319 e. The van der Waals surface area contributed by atoms with Crippen LogP contribution >= 0.6 is 0 Å². The van der Waals surface area contributed by atoms with Crippen molar-refractivity contribution in [2.75, 3.05) is 41.8 Å². The lowest BCUT2D eigenvalue weighted by Gasteiger charge is -2.34. The van der Waals surface area contributed by atoms with E-state index in [1.54, 1.807) is 0 Å². The molecule has 0 fully saturated rings. The number of Topliss-reactive ketones (excluding diaryl/α,β-unsaturated/α-hetero) is 1. The molecule has 0 bridgehead atoms. The van der Waals surface area contributed by atoms with Gasteiger partial charge in [0.1, 0.15) is 48.0 Å². The van der Waals surface area contributed by atoms with E-state index >= 15 is 4.79 Å². The first-order chi connectivity index (χ1) is 36.7. The molecule has 0 saturated heterocycles. The molecule has 1 aliphatic carbocycles. The van der Waals surface area contributed by atoms with Gasteiger partial charge in [0.05, 0.1) is 41.0 Å². The van der Waals surface area contributed by atoms with E-state index in [1.807, 2.05) is 132 Å². The number of aliphatic hydroxyl groups is 1. The number of anilines is 3. The Balaban J connectivity index is 1.24. The summed E-state index contributed by atoms with van der Waals surface area (Å²) in [5.41, 5.74) is 5.04. The van der Waals surface area contributed by atoms with Gasteiger partial charge < -0.3 is 51.0 Å². The minimum absolute atomic E-state index is 0.0625. The molecule has 0 saturated carbocycles. The van der Waals surface area contributed by atoms with Crippen LogP contribution in [0.2, 0.25) is 0 Å². The van der Waals surface area contributed by atoms with E-state index in [9.17, 15) is 24.9 Å². The molecule has 7 rings (SSSR count). The first-order valence-corrected chi connectivity index (χ1v) is 28.6. The van der Waals surface area contributed by atoms with Crippen molar-refractivity contribution < 1.29 is 39.2 Å². The Kier molecular flexibility index (Phi) is 16.2. The number of aliphatic hydroxyl groups excluding tert-OH is 1. The van der Waals surface area contributed by atoms with Gasteiger partial charge in [-0.3, -0.25) is 4.79 Å². The maximum absolute atomic E-state index is 15.1. The Morgan fingerprint density at radius 2 is 1.05 bits per heavy atom. The van der Waals surface area contributed by atoms with Crippen LogP contribution in [0.4, 0.5) is 26.7 Å². The molecule has 3 aliphatic rings. The number of amides is 4. The summed E-state index contributed by atoms with van der Waals surface area (Å²) < 4.78 is 14.7. The molecular weight excluding hydrogens is 1000 g/mol. The summed E-state index contributed by atoms with van der Waals surface area (Å²) in [6, 6.07) is 14.4. The highest BCUT2D eigenvalue weighted by atomic mass is 16.5. The van der Waals surface area contributed by atoms with Crippen LogP contribution in [0.15, 0.2) is 54.3 Å². The van der Waals surface area contributed by atoms with E-state index in [2.05, 4.69) is 100.0 Å². The number of ether oxygens (including phenoxy) is 2. The van der Waals surface area contributed by atoms with Crippen molar-refractivity contribution in [1.29, 1.82) is 0 Å². The van der Waals surface area contributed by atoms with Crippen LogP contribution in [0.25, 0.3) is 11.1 Å². The van der Waals surface area contributed by atoms with Gasteiger partial charge in [-0.05, 0) is 125 Å². The average molecular weight is 1100 g/mol. The lowest BCUT2D eigenvalue weighted by molar-refractivity contribution is -0.109. The second-order valence-electron chi connectivity index (χ2n) is 28.2. The molecule has 7 N–H and O–H groups in total. The lowest BCUT2D eigenvalue weighted by atomic mass is 9.76. The van der Waals surface area contributed by atoms with Crippen molar-refractivity contribution in [3.63, 3.8) is 0 Å². The number of benzene rings is 4. The van der Waals surface area contributed by atoms with E-state index in [1.165, 1.54) is 0 Å². The molecule has 2 heterocycles. The van der Waals surface area contributed by atoms with E-state index in [0.29, 0.717) is 33.7 Å². The second kappa shape index (κ2) is 21.3. The number of rotatable bonds is 13. The fourth-order valence-electron chi connectivity index (χ4n) is 11.8. The number of phenols is 2. The third-order valence-corrected chi connectivity index (χ3v) is 16.9. The Morgan fingerprint density at radius 3 is 1.45 bits per heavy atom.